The standard InChI is InChI=1S/C8H17O2/c1-5-6-9-8(4)10-7(2)3/h7-8H,4-6H2,1-3H3. The molecule has 0 spiro atoms. The molecule has 0 aliphatic carbocycles. The molecule has 61 valence electrons. The molecule has 10 heavy (non-hydrogen) atoms. The van der Waals surface area contributed by atoms with E-state index < -0.39 is 0 Å². The molecule has 0 aliphatic heterocycles. The molecule has 0 fully saturated rings. The predicted octanol–water partition coefficient (Wildman–Crippen LogP) is 2.00. The van der Waals surface area contributed by atoms with E-state index in [4.69, 9.17) is 9.47 Å². The third-order valence-electron chi connectivity index (χ3n) is 0.932. The summed E-state index contributed by atoms with van der Waals surface area (Å²) in [5.74, 6) is 0. The minimum absolute atomic E-state index is 0.194. The average molecular weight is 145 g/mol. The quantitative estimate of drug-likeness (QED) is 0.551. The van der Waals surface area contributed by atoms with Crippen molar-refractivity contribution in [3.8, 4) is 0 Å². The van der Waals surface area contributed by atoms with Crippen LogP contribution in [-0.4, -0.2) is 19.0 Å². The maximum Gasteiger partial charge on any atom is 0.158 e. The minimum Gasteiger partial charge on any atom is -0.353 e. The summed E-state index contributed by atoms with van der Waals surface area (Å²) in [5, 5.41) is 0. The van der Waals surface area contributed by atoms with Gasteiger partial charge < -0.3 is 9.47 Å². The predicted molar refractivity (Wildman–Crippen MR) is 41.6 cm³/mol. The molecule has 2 nitrogen and oxygen atoms in total. The molecule has 0 aromatic carbocycles. The lowest BCUT2D eigenvalue weighted by Crippen LogP contribution is -2.18. The van der Waals surface area contributed by atoms with Crippen molar-refractivity contribution in [2.24, 2.45) is 0 Å². The van der Waals surface area contributed by atoms with Crippen LogP contribution in [0.25, 0.3) is 0 Å². The molecule has 1 unspecified atom stereocenters. The zero-order valence-electron chi connectivity index (χ0n) is 7.09. The van der Waals surface area contributed by atoms with Crippen molar-refractivity contribution in [2.75, 3.05) is 6.61 Å². The van der Waals surface area contributed by atoms with Gasteiger partial charge in [-0.15, -0.1) is 0 Å². The third kappa shape index (κ3) is 6.05. The minimum atomic E-state index is -0.306. The largest absolute Gasteiger partial charge is 0.353 e. The molecule has 0 amide bonds. The first kappa shape index (κ1) is 9.92. The molecule has 1 atom stereocenters. The van der Waals surface area contributed by atoms with Crippen LogP contribution in [0.4, 0.5) is 0 Å². The summed E-state index contributed by atoms with van der Waals surface area (Å²) in [5.41, 5.74) is 0. The van der Waals surface area contributed by atoms with Crippen LogP contribution in [0.1, 0.15) is 27.2 Å². The van der Waals surface area contributed by atoms with Gasteiger partial charge in [-0.3, -0.25) is 0 Å². The van der Waals surface area contributed by atoms with Gasteiger partial charge in [-0.2, -0.15) is 0 Å². The highest BCUT2D eigenvalue weighted by molar-refractivity contribution is 4.47. The molecule has 0 aliphatic rings. The van der Waals surface area contributed by atoms with Gasteiger partial charge in [0.1, 0.15) is 0 Å². The van der Waals surface area contributed by atoms with Crippen LogP contribution in [0, 0.1) is 6.92 Å². The van der Waals surface area contributed by atoms with Crippen molar-refractivity contribution in [3.63, 3.8) is 0 Å². The van der Waals surface area contributed by atoms with Crippen LogP contribution >= 0.6 is 0 Å². The Morgan fingerprint density at radius 2 is 2.00 bits per heavy atom. The van der Waals surface area contributed by atoms with E-state index in [0.29, 0.717) is 0 Å². The Kier molecular flexibility index (Phi) is 5.64. The van der Waals surface area contributed by atoms with Crippen molar-refractivity contribution < 1.29 is 9.47 Å². The molecule has 2 heteroatoms. The maximum atomic E-state index is 5.22. The molecule has 0 bridgehead atoms. The number of hydrogen-bond acceptors (Lipinski definition) is 2. The second kappa shape index (κ2) is 5.69. The van der Waals surface area contributed by atoms with E-state index >= 15 is 0 Å². The SMILES string of the molecule is [CH2]C(OCCC)OC(C)C. The van der Waals surface area contributed by atoms with Crippen LogP contribution in [0.3, 0.4) is 0 Å². The normalized spacial score (nSPS) is 14.1. The zero-order chi connectivity index (χ0) is 7.98. The van der Waals surface area contributed by atoms with Gasteiger partial charge in [0.25, 0.3) is 0 Å². The first-order chi connectivity index (χ1) is 4.66. The fraction of sp³-hybridized carbons (Fsp3) is 0.875. The summed E-state index contributed by atoms with van der Waals surface area (Å²) >= 11 is 0. The van der Waals surface area contributed by atoms with E-state index in [-0.39, 0.29) is 12.4 Å². The van der Waals surface area contributed by atoms with E-state index in [1.165, 1.54) is 0 Å². The molecule has 0 aromatic heterocycles. The summed E-state index contributed by atoms with van der Waals surface area (Å²) in [4.78, 5) is 0. The number of ether oxygens (including phenoxy) is 2. The van der Waals surface area contributed by atoms with Crippen LogP contribution in [0.15, 0.2) is 0 Å². The van der Waals surface area contributed by atoms with Crippen LogP contribution in [-0.2, 0) is 9.47 Å². The van der Waals surface area contributed by atoms with Crippen molar-refractivity contribution in [1.82, 2.24) is 0 Å². The molecule has 0 saturated heterocycles. The molecule has 0 rings (SSSR count). The molecule has 0 N–H and O–H groups in total. The summed E-state index contributed by atoms with van der Waals surface area (Å²) in [7, 11) is 0. The van der Waals surface area contributed by atoms with Crippen LogP contribution < -0.4 is 0 Å². The van der Waals surface area contributed by atoms with Crippen LogP contribution in [0.2, 0.25) is 0 Å². The zero-order valence-corrected chi connectivity index (χ0v) is 7.09. The Morgan fingerprint density at radius 1 is 1.40 bits per heavy atom. The topological polar surface area (TPSA) is 18.5 Å². The Morgan fingerprint density at radius 3 is 2.40 bits per heavy atom. The Bertz CT molecular complexity index is 71.7. The lowest BCUT2D eigenvalue weighted by molar-refractivity contribution is -0.135. The van der Waals surface area contributed by atoms with Gasteiger partial charge in [0.05, 0.1) is 6.10 Å². The van der Waals surface area contributed by atoms with Gasteiger partial charge in [0.2, 0.25) is 0 Å². The van der Waals surface area contributed by atoms with E-state index in [0.717, 1.165) is 13.0 Å². The molecular weight excluding hydrogens is 128 g/mol. The van der Waals surface area contributed by atoms with Crippen LogP contribution in [0.5, 0.6) is 0 Å². The second-order valence-electron chi connectivity index (χ2n) is 2.49. The summed E-state index contributed by atoms with van der Waals surface area (Å²) in [6.07, 6.45) is 0.896. The number of hydrogen-bond donors (Lipinski definition) is 0. The van der Waals surface area contributed by atoms with E-state index in [2.05, 4.69) is 13.8 Å². The first-order valence-electron chi connectivity index (χ1n) is 3.77. The Hall–Kier alpha value is -0.0800. The summed E-state index contributed by atoms with van der Waals surface area (Å²) < 4.78 is 10.4. The average Bonchev–Trinajstić information content (AvgIpc) is 1.82. The lowest BCUT2D eigenvalue weighted by Gasteiger charge is -2.15. The first-order valence-corrected chi connectivity index (χ1v) is 3.77. The monoisotopic (exact) mass is 145 g/mol. The van der Waals surface area contributed by atoms with Gasteiger partial charge in [0.15, 0.2) is 6.29 Å². The van der Waals surface area contributed by atoms with Gasteiger partial charge >= 0.3 is 0 Å². The lowest BCUT2D eigenvalue weighted by atomic mass is 10.5. The highest BCUT2D eigenvalue weighted by atomic mass is 16.7. The van der Waals surface area contributed by atoms with E-state index in [1.54, 1.807) is 0 Å². The summed E-state index contributed by atoms with van der Waals surface area (Å²) in [6, 6.07) is 0. The van der Waals surface area contributed by atoms with Gasteiger partial charge in [-0.05, 0) is 20.3 Å². The highest BCUT2D eigenvalue weighted by Crippen LogP contribution is 1.98. The highest BCUT2D eigenvalue weighted by Gasteiger charge is 2.02. The molecular formula is C8H17O2. The van der Waals surface area contributed by atoms with Crippen molar-refractivity contribution >= 4 is 0 Å². The van der Waals surface area contributed by atoms with Crippen molar-refractivity contribution in [2.45, 2.75) is 39.6 Å². The third-order valence-corrected chi connectivity index (χ3v) is 0.932. The Labute approximate surface area is 63.5 Å². The molecule has 0 aromatic rings. The fourth-order valence-corrected chi connectivity index (χ4v) is 0.592. The second-order valence-corrected chi connectivity index (χ2v) is 2.49. The fourth-order valence-electron chi connectivity index (χ4n) is 0.592. The Balaban J connectivity index is 3.16. The van der Waals surface area contributed by atoms with Gasteiger partial charge in [0, 0.05) is 13.5 Å². The molecule has 0 heterocycles. The maximum absolute atomic E-state index is 5.22. The molecule has 0 saturated carbocycles. The van der Waals surface area contributed by atoms with E-state index in [9.17, 15) is 0 Å². The van der Waals surface area contributed by atoms with Gasteiger partial charge in [-0.25, -0.2) is 0 Å². The van der Waals surface area contributed by atoms with E-state index in [1.807, 2.05) is 13.8 Å². The number of rotatable bonds is 5. The molecule has 1 radical (unpaired) electrons. The van der Waals surface area contributed by atoms with Crippen molar-refractivity contribution in [3.05, 3.63) is 6.92 Å². The summed E-state index contributed by atoms with van der Waals surface area (Å²) in [6.45, 7) is 10.4. The van der Waals surface area contributed by atoms with Gasteiger partial charge in [-0.1, -0.05) is 6.92 Å². The van der Waals surface area contributed by atoms with Crippen molar-refractivity contribution in [1.29, 1.82) is 0 Å². The smallest absolute Gasteiger partial charge is 0.158 e.